The third kappa shape index (κ3) is 4.10. The summed E-state index contributed by atoms with van der Waals surface area (Å²) < 4.78 is 0. The molecule has 0 atom stereocenters. The Bertz CT molecular complexity index is 680. The van der Waals surface area contributed by atoms with Gasteiger partial charge in [-0.1, -0.05) is 5.11 Å². The maximum atomic E-state index is 11.5. The Kier molecular flexibility index (Phi) is 4.20. The maximum absolute atomic E-state index is 11.5. The average Bonchev–Trinajstić information content (AvgIpc) is 2.47. The van der Waals surface area contributed by atoms with Crippen LogP contribution in [0.3, 0.4) is 0 Å². The molecule has 0 fully saturated rings. The molecule has 0 spiro atoms. The average molecular weight is 286 g/mol. The van der Waals surface area contributed by atoms with Crippen LogP contribution in [0.1, 0.15) is 0 Å². The molecule has 21 heavy (non-hydrogen) atoms. The molecular formula is C13H10N4O4. The molecule has 0 aliphatic rings. The number of urea groups is 1. The Morgan fingerprint density at radius 1 is 1.10 bits per heavy atom. The van der Waals surface area contributed by atoms with E-state index in [1.165, 1.54) is 48.5 Å². The lowest BCUT2D eigenvalue weighted by molar-refractivity contribution is -0.384. The van der Waals surface area contributed by atoms with E-state index in [9.17, 15) is 14.9 Å². The first kappa shape index (κ1) is 14.1. The lowest BCUT2D eigenvalue weighted by Gasteiger charge is -2.00. The summed E-state index contributed by atoms with van der Waals surface area (Å²) in [5, 5.41) is 29.1. The zero-order valence-corrected chi connectivity index (χ0v) is 10.6. The minimum Gasteiger partial charge on any atom is -0.508 e. The molecule has 0 radical (unpaired) electrons. The van der Waals surface area contributed by atoms with Crippen molar-refractivity contribution in [2.45, 2.75) is 0 Å². The lowest BCUT2D eigenvalue weighted by Crippen LogP contribution is -2.05. The molecule has 2 amide bonds. The first-order chi connectivity index (χ1) is 10.0. The fourth-order valence-electron chi connectivity index (χ4n) is 1.44. The van der Waals surface area contributed by atoms with Crippen LogP contribution in [0.5, 0.6) is 5.75 Å². The SMILES string of the molecule is O=C(N=Nc1ccc(O)cc1)Nc1ccc([N+](=O)[O-])cc1. The van der Waals surface area contributed by atoms with E-state index in [1.807, 2.05) is 0 Å². The largest absolute Gasteiger partial charge is 0.508 e. The smallest absolute Gasteiger partial charge is 0.364 e. The number of amides is 2. The van der Waals surface area contributed by atoms with Crippen molar-refractivity contribution in [2.24, 2.45) is 10.2 Å². The van der Waals surface area contributed by atoms with Gasteiger partial charge in [0, 0.05) is 17.8 Å². The van der Waals surface area contributed by atoms with Gasteiger partial charge in [-0.3, -0.25) is 10.1 Å². The molecule has 0 saturated heterocycles. The molecule has 8 heteroatoms. The number of carbonyl (C=O) groups is 1. The fourth-order valence-corrected chi connectivity index (χ4v) is 1.44. The van der Waals surface area contributed by atoms with Crippen molar-refractivity contribution in [1.29, 1.82) is 0 Å². The van der Waals surface area contributed by atoms with Crippen LogP contribution in [-0.4, -0.2) is 16.1 Å². The van der Waals surface area contributed by atoms with E-state index in [1.54, 1.807) is 0 Å². The molecule has 0 saturated carbocycles. The van der Waals surface area contributed by atoms with Crippen molar-refractivity contribution in [3.8, 4) is 5.75 Å². The van der Waals surface area contributed by atoms with Crippen molar-refractivity contribution < 1.29 is 14.8 Å². The highest BCUT2D eigenvalue weighted by Gasteiger charge is 2.05. The van der Waals surface area contributed by atoms with Gasteiger partial charge >= 0.3 is 6.03 Å². The number of non-ortho nitro benzene ring substituents is 1. The highest BCUT2D eigenvalue weighted by molar-refractivity contribution is 5.89. The molecule has 0 unspecified atom stereocenters. The Morgan fingerprint density at radius 2 is 1.71 bits per heavy atom. The summed E-state index contributed by atoms with van der Waals surface area (Å²) in [4.78, 5) is 21.5. The third-order valence-electron chi connectivity index (χ3n) is 2.44. The van der Waals surface area contributed by atoms with Crippen molar-refractivity contribution in [3.05, 3.63) is 58.6 Å². The summed E-state index contributed by atoms with van der Waals surface area (Å²) in [5.74, 6) is 0.0873. The second-order valence-corrected chi connectivity index (χ2v) is 3.95. The molecular weight excluding hydrogens is 276 g/mol. The fraction of sp³-hybridized carbons (Fsp3) is 0. The van der Waals surface area contributed by atoms with Crippen LogP contribution in [0.2, 0.25) is 0 Å². The summed E-state index contributed by atoms with van der Waals surface area (Å²) >= 11 is 0. The molecule has 0 aliphatic heterocycles. The highest BCUT2D eigenvalue weighted by Crippen LogP contribution is 2.18. The van der Waals surface area contributed by atoms with Crippen LogP contribution in [-0.2, 0) is 0 Å². The molecule has 0 bridgehead atoms. The van der Waals surface area contributed by atoms with Gasteiger partial charge in [-0.2, -0.15) is 0 Å². The Labute approximate surface area is 118 Å². The van der Waals surface area contributed by atoms with Crippen LogP contribution < -0.4 is 5.32 Å². The normalized spacial score (nSPS) is 10.5. The van der Waals surface area contributed by atoms with E-state index in [0.29, 0.717) is 11.4 Å². The van der Waals surface area contributed by atoms with Gasteiger partial charge in [-0.15, -0.1) is 5.11 Å². The van der Waals surface area contributed by atoms with E-state index in [0.717, 1.165) is 0 Å². The van der Waals surface area contributed by atoms with Gasteiger partial charge in [0.05, 0.1) is 10.6 Å². The molecule has 2 aromatic carbocycles. The number of nitro groups is 1. The number of nitro benzene ring substituents is 1. The van der Waals surface area contributed by atoms with Gasteiger partial charge < -0.3 is 10.4 Å². The Morgan fingerprint density at radius 3 is 2.29 bits per heavy atom. The van der Waals surface area contributed by atoms with Gasteiger partial charge in [0.25, 0.3) is 5.69 Å². The molecule has 2 aromatic rings. The van der Waals surface area contributed by atoms with E-state index < -0.39 is 11.0 Å². The molecule has 0 aromatic heterocycles. The number of benzene rings is 2. The van der Waals surface area contributed by atoms with Gasteiger partial charge in [-0.25, -0.2) is 4.79 Å². The summed E-state index contributed by atoms with van der Waals surface area (Å²) in [6.07, 6.45) is 0. The van der Waals surface area contributed by atoms with Gasteiger partial charge in [-0.05, 0) is 36.4 Å². The van der Waals surface area contributed by atoms with Crippen molar-refractivity contribution in [2.75, 3.05) is 5.32 Å². The first-order valence-corrected chi connectivity index (χ1v) is 5.81. The molecule has 2 N–H and O–H groups in total. The van der Waals surface area contributed by atoms with Gasteiger partial charge in [0.15, 0.2) is 0 Å². The maximum Gasteiger partial charge on any atom is 0.364 e. The zero-order valence-electron chi connectivity index (χ0n) is 10.6. The minimum absolute atomic E-state index is 0.0706. The summed E-state index contributed by atoms with van der Waals surface area (Å²) in [5.41, 5.74) is 0.709. The lowest BCUT2D eigenvalue weighted by atomic mass is 10.3. The predicted molar refractivity (Wildman–Crippen MR) is 74.7 cm³/mol. The van der Waals surface area contributed by atoms with Crippen molar-refractivity contribution in [1.82, 2.24) is 0 Å². The monoisotopic (exact) mass is 286 g/mol. The number of nitrogens with one attached hydrogen (secondary N) is 1. The number of aromatic hydroxyl groups is 1. The van der Waals surface area contributed by atoms with Crippen molar-refractivity contribution in [3.63, 3.8) is 0 Å². The second kappa shape index (κ2) is 6.24. The van der Waals surface area contributed by atoms with Crippen LogP contribution >= 0.6 is 0 Å². The Hall–Kier alpha value is -3.29. The van der Waals surface area contributed by atoms with Crippen LogP contribution in [0.4, 0.5) is 21.9 Å². The third-order valence-corrected chi connectivity index (χ3v) is 2.44. The second-order valence-electron chi connectivity index (χ2n) is 3.95. The van der Waals surface area contributed by atoms with Crippen LogP contribution in [0.15, 0.2) is 58.8 Å². The topological polar surface area (TPSA) is 117 Å². The standard InChI is InChI=1S/C13H10N4O4/c18-12-7-3-10(4-8-12)15-16-13(19)14-9-1-5-11(6-2-9)17(20)21/h1-8,18H,(H,14,19). The van der Waals surface area contributed by atoms with Gasteiger partial charge in [0.2, 0.25) is 0 Å². The number of hydrogen-bond donors (Lipinski definition) is 2. The van der Waals surface area contributed by atoms with E-state index in [4.69, 9.17) is 5.11 Å². The number of phenols is 1. The van der Waals surface area contributed by atoms with Crippen LogP contribution in [0, 0.1) is 10.1 Å². The number of hydrogen-bond acceptors (Lipinski definition) is 5. The van der Waals surface area contributed by atoms with E-state index in [2.05, 4.69) is 15.5 Å². The number of azo groups is 1. The van der Waals surface area contributed by atoms with Crippen molar-refractivity contribution >= 4 is 23.1 Å². The van der Waals surface area contributed by atoms with Gasteiger partial charge in [0.1, 0.15) is 5.75 Å². The minimum atomic E-state index is -0.711. The number of rotatable bonds is 3. The summed E-state index contributed by atoms with van der Waals surface area (Å²) in [7, 11) is 0. The molecule has 106 valence electrons. The number of nitrogens with zero attached hydrogens (tertiary/aromatic N) is 3. The predicted octanol–water partition coefficient (Wildman–Crippen LogP) is 3.62. The van der Waals surface area contributed by atoms with E-state index >= 15 is 0 Å². The molecule has 0 aliphatic carbocycles. The molecule has 8 nitrogen and oxygen atoms in total. The molecule has 0 heterocycles. The quantitative estimate of drug-likeness (QED) is 0.509. The first-order valence-electron chi connectivity index (χ1n) is 5.81. The summed E-state index contributed by atoms with van der Waals surface area (Å²) in [6.45, 7) is 0. The van der Waals surface area contributed by atoms with E-state index in [-0.39, 0.29) is 11.4 Å². The number of phenolic OH excluding ortho intramolecular Hbond substituents is 1. The van der Waals surface area contributed by atoms with Crippen LogP contribution in [0.25, 0.3) is 0 Å². The highest BCUT2D eigenvalue weighted by atomic mass is 16.6. The number of anilines is 1. The number of carbonyl (C=O) groups excluding carboxylic acids is 1. The molecule has 2 rings (SSSR count). The zero-order chi connectivity index (χ0) is 15.2. The Balaban J connectivity index is 1.98. The summed E-state index contributed by atoms with van der Waals surface area (Å²) in [6, 6.07) is 10.5.